The summed E-state index contributed by atoms with van der Waals surface area (Å²) in [7, 11) is 0. The number of nitrogens with two attached hydrogens (primary N) is 2. The van der Waals surface area contributed by atoms with E-state index in [4.69, 9.17) is 11.5 Å². The zero-order chi connectivity index (χ0) is 65.6. The molecule has 0 bridgehead atoms. The minimum Gasteiger partial charge on any atom is -0.481 e. The molecule has 3 rings (SSSR count). The highest BCUT2D eigenvalue weighted by Crippen LogP contribution is 2.24. The van der Waals surface area contributed by atoms with Gasteiger partial charge in [-0.05, 0) is 121 Å². The van der Waals surface area contributed by atoms with Crippen LogP contribution >= 0.6 is 0 Å². The van der Waals surface area contributed by atoms with E-state index in [0.29, 0.717) is 32.2 Å². The molecule has 0 spiro atoms. The number of amides is 12. The normalized spacial score (nSPS) is 19.7. The van der Waals surface area contributed by atoms with E-state index in [2.05, 4.69) is 47.9 Å². The molecular weight excluding hydrogens is 1140 g/mol. The Kier molecular flexibility index (Phi) is 30.0. The highest BCUT2D eigenvalue weighted by molar-refractivity contribution is 6.00. The molecule has 0 unspecified atom stereocenters. The van der Waals surface area contributed by atoms with Crippen molar-refractivity contribution in [3.63, 3.8) is 0 Å². The lowest BCUT2D eigenvalue weighted by Crippen LogP contribution is -2.61. The van der Waals surface area contributed by atoms with Gasteiger partial charge in [0.05, 0.1) is 12.5 Å². The number of hydrogen-bond donors (Lipinski definition) is 14. The quantitative estimate of drug-likeness (QED) is 0.0283. The highest BCUT2D eigenvalue weighted by atomic mass is 16.4. The number of rotatable bonds is 35. The molecule has 0 radical (unpaired) electrons. The van der Waals surface area contributed by atoms with Gasteiger partial charge in [-0.15, -0.1) is 0 Å². The van der Waals surface area contributed by atoms with E-state index >= 15 is 0 Å². The van der Waals surface area contributed by atoms with Crippen molar-refractivity contribution in [2.45, 2.75) is 225 Å². The van der Waals surface area contributed by atoms with Crippen LogP contribution in [0.1, 0.15) is 153 Å². The zero-order valence-electron chi connectivity index (χ0n) is 51.9. The highest BCUT2D eigenvalue weighted by Gasteiger charge is 2.44. The van der Waals surface area contributed by atoms with Crippen molar-refractivity contribution in [2.75, 3.05) is 26.2 Å². The first-order chi connectivity index (χ1) is 40.8. The number of primary amides is 1. The van der Waals surface area contributed by atoms with Crippen molar-refractivity contribution >= 4 is 82.8 Å². The van der Waals surface area contributed by atoms with Gasteiger partial charge in [0.1, 0.15) is 66.5 Å². The minimum atomic E-state index is -1.90. The summed E-state index contributed by atoms with van der Waals surface area (Å²) in [6.07, 6.45) is 1.60. The van der Waals surface area contributed by atoms with Crippen LogP contribution in [0.3, 0.4) is 0 Å². The summed E-state index contributed by atoms with van der Waals surface area (Å²) in [6, 6.07) is -14.3. The van der Waals surface area contributed by atoms with E-state index < -0.39 is 186 Å². The van der Waals surface area contributed by atoms with Crippen molar-refractivity contribution < 1.29 is 77.3 Å². The summed E-state index contributed by atoms with van der Waals surface area (Å²) in [5.74, 6) is -13.6. The van der Waals surface area contributed by atoms with Gasteiger partial charge in [0.15, 0.2) is 0 Å². The van der Waals surface area contributed by atoms with E-state index in [-0.39, 0.29) is 63.6 Å². The van der Waals surface area contributed by atoms with Gasteiger partial charge in [-0.2, -0.15) is 0 Å². The molecule has 3 saturated heterocycles. The van der Waals surface area contributed by atoms with Crippen molar-refractivity contribution in [2.24, 2.45) is 35.1 Å². The third-order valence-electron chi connectivity index (χ3n) is 15.5. The van der Waals surface area contributed by atoms with Crippen LogP contribution in [0.25, 0.3) is 0 Å². The smallest absolute Gasteiger partial charge is 0.326 e. The molecule has 0 aromatic heterocycles. The Balaban J connectivity index is 1.75. The number of hydrogen-bond acceptors (Lipinski definition) is 16. The fourth-order valence-electron chi connectivity index (χ4n) is 10.5. The van der Waals surface area contributed by atoms with Crippen LogP contribution in [0, 0.1) is 23.7 Å². The van der Waals surface area contributed by atoms with Gasteiger partial charge in [0.2, 0.25) is 70.9 Å². The van der Waals surface area contributed by atoms with Crippen LogP contribution in [-0.4, -0.2) is 202 Å². The van der Waals surface area contributed by atoms with Crippen LogP contribution in [0.2, 0.25) is 0 Å². The van der Waals surface area contributed by atoms with Crippen LogP contribution in [0.5, 0.6) is 0 Å². The van der Waals surface area contributed by atoms with Crippen molar-refractivity contribution in [3.05, 3.63) is 0 Å². The topological polar surface area (TPSA) is 458 Å². The van der Waals surface area contributed by atoms with Gasteiger partial charge >= 0.3 is 11.9 Å². The Labute approximate surface area is 508 Å². The standard InChI is InChI=1S/C57H96N14O16/c1-28(2)26-37(51(80)67-43(29(3)4)54(83)64-35(16-11-12-22-58)49(78)63-36(20-21-41(59)72)50(79)66-38(57(86)87)27-42(73)74)65-52(81)39-18-14-24-70(39)56(85)45(31(7)8)69-53(82)40-19-15-25-71(40)55(84)44(30(5)6)68-47(76)33(10)61-46(75)32(9)62-48(77)34-17-13-23-60-34/h28-40,43-45,60H,11-27,58H2,1-10H3,(H2,59,72)(H,61,75)(H,62,77)(H,63,78)(H,64,83)(H,65,81)(H,66,79)(H,67,80)(H,68,76)(H,69,82)(H,73,74)(H,86,87)/t32-,33-,34-,35-,36-,37-,38-,39-,40-,43-,44-,45-/m0/s1. The third kappa shape index (κ3) is 22.9. The summed E-state index contributed by atoms with van der Waals surface area (Å²) >= 11 is 0. The van der Waals surface area contributed by atoms with E-state index in [9.17, 15) is 77.3 Å². The van der Waals surface area contributed by atoms with Crippen LogP contribution < -0.4 is 64.6 Å². The number of nitrogens with one attached hydrogen (secondary N) is 10. The van der Waals surface area contributed by atoms with E-state index in [1.54, 1.807) is 55.4 Å². The van der Waals surface area contributed by atoms with E-state index in [1.807, 2.05) is 5.32 Å². The predicted octanol–water partition coefficient (Wildman–Crippen LogP) is -2.91. The second kappa shape index (κ2) is 35.3. The minimum absolute atomic E-state index is 0.0373. The second-order valence-electron chi connectivity index (χ2n) is 24.3. The fraction of sp³-hybridized carbons (Fsp3) is 0.754. The van der Waals surface area contributed by atoms with Crippen molar-refractivity contribution in [1.82, 2.24) is 63.0 Å². The van der Waals surface area contributed by atoms with Gasteiger partial charge < -0.3 is 84.6 Å². The maximum Gasteiger partial charge on any atom is 0.326 e. The average Bonchev–Trinajstić information content (AvgIpc) is 2.09. The molecule has 490 valence electrons. The van der Waals surface area contributed by atoms with Gasteiger partial charge in [-0.1, -0.05) is 55.4 Å². The van der Waals surface area contributed by atoms with Gasteiger partial charge in [0, 0.05) is 19.5 Å². The molecule has 12 amide bonds. The van der Waals surface area contributed by atoms with Crippen molar-refractivity contribution in [1.29, 1.82) is 0 Å². The molecule has 0 aromatic rings. The first-order valence-corrected chi connectivity index (χ1v) is 30.3. The average molecular weight is 1230 g/mol. The lowest BCUT2D eigenvalue weighted by atomic mass is 9.98. The number of carbonyl (C=O) groups excluding carboxylic acids is 12. The fourth-order valence-corrected chi connectivity index (χ4v) is 10.5. The summed E-state index contributed by atoms with van der Waals surface area (Å²) in [5, 5.41) is 45.1. The van der Waals surface area contributed by atoms with Crippen LogP contribution in [0.4, 0.5) is 0 Å². The summed E-state index contributed by atoms with van der Waals surface area (Å²) in [4.78, 5) is 190. The van der Waals surface area contributed by atoms with Crippen molar-refractivity contribution in [3.8, 4) is 0 Å². The Morgan fingerprint density at radius 3 is 1.45 bits per heavy atom. The van der Waals surface area contributed by atoms with Crippen LogP contribution in [-0.2, 0) is 67.1 Å². The number of nitrogens with zero attached hydrogens (tertiary/aromatic N) is 2. The molecular formula is C57H96N14O16. The molecule has 0 saturated carbocycles. The summed E-state index contributed by atoms with van der Waals surface area (Å²) in [5.41, 5.74) is 11.0. The second-order valence-corrected chi connectivity index (χ2v) is 24.3. The Morgan fingerprint density at radius 2 is 0.966 bits per heavy atom. The Hall–Kier alpha value is -7.50. The number of carboxylic acids is 2. The Morgan fingerprint density at radius 1 is 0.494 bits per heavy atom. The monoisotopic (exact) mass is 1230 g/mol. The van der Waals surface area contributed by atoms with Crippen LogP contribution in [0.15, 0.2) is 0 Å². The summed E-state index contributed by atoms with van der Waals surface area (Å²) < 4.78 is 0. The molecule has 3 aliphatic rings. The first-order valence-electron chi connectivity index (χ1n) is 30.3. The molecule has 30 nitrogen and oxygen atoms in total. The molecule has 87 heavy (non-hydrogen) atoms. The van der Waals surface area contributed by atoms with Gasteiger partial charge in [-0.3, -0.25) is 62.3 Å². The van der Waals surface area contributed by atoms with Gasteiger partial charge in [0.25, 0.3) is 0 Å². The predicted molar refractivity (Wildman–Crippen MR) is 314 cm³/mol. The zero-order valence-corrected chi connectivity index (χ0v) is 51.9. The SMILES string of the molecule is CC(C)C[C@H](NC(=O)[C@@H]1CCCN1C(=O)[C@@H](NC(=O)[C@@H]1CCCN1C(=O)[C@@H](NC(=O)[C@H](C)NC(=O)[C@H](C)NC(=O)[C@@H]1CCCN1)C(C)C)C(C)C)C(=O)N[C@H](C(=O)N[C@@H](CCCCN)C(=O)N[C@@H](CCC(N)=O)C(=O)N[C@@H](CC(=O)O)C(=O)O)C(C)C. The van der Waals surface area contributed by atoms with E-state index in [0.717, 1.165) is 6.42 Å². The Bertz CT molecular complexity index is 2470. The number of unbranched alkanes of at least 4 members (excludes halogenated alkanes) is 1. The van der Waals surface area contributed by atoms with E-state index in [1.165, 1.54) is 23.6 Å². The number of likely N-dealkylation sites (tertiary alicyclic amines) is 2. The number of carbonyl (C=O) groups is 14. The lowest BCUT2D eigenvalue weighted by molar-refractivity contribution is -0.147. The first kappa shape index (κ1) is 73.8. The molecule has 30 heteroatoms. The maximum absolute atomic E-state index is 14.6. The largest absolute Gasteiger partial charge is 0.481 e. The maximum atomic E-state index is 14.6. The number of aliphatic carboxylic acids is 2. The molecule has 16 N–H and O–H groups in total. The molecule has 3 aliphatic heterocycles. The van der Waals surface area contributed by atoms with Gasteiger partial charge in [-0.25, -0.2) is 4.79 Å². The molecule has 3 fully saturated rings. The third-order valence-corrected chi connectivity index (χ3v) is 15.5. The molecule has 0 aromatic carbocycles. The molecule has 0 aliphatic carbocycles. The lowest BCUT2D eigenvalue weighted by Gasteiger charge is -2.34. The summed E-state index contributed by atoms with van der Waals surface area (Å²) in [6.45, 7) is 17.8. The number of carboxylic acid groups (broad SMARTS) is 2. The molecule has 3 heterocycles. The molecule has 12 atom stereocenters.